The van der Waals surface area contributed by atoms with Crippen molar-refractivity contribution >= 4 is 15.8 Å². The van der Waals surface area contributed by atoms with Gasteiger partial charge in [-0.25, -0.2) is 19.2 Å². The number of nitrogens with zero attached hydrogens (tertiary/aromatic N) is 3. The molecule has 0 aliphatic heterocycles. The first kappa shape index (κ1) is 14.4. The number of aromatic nitrogens is 2. The summed E-state index contributed by atoms with van der Waals surface area (Å²) in [6.07, 6.45) is 4.66. The first-order chi connectivity index (χ1) is 9.54. The number of pyridine rings is 2. The van der Waals surface area contributed by atoms with E-state index in [0.29, 0.717) is 5.82 Å². The molecule has 0 aliphatic rings. The van der Waals surface area contributed by atoms with Crippen LogP contribution in [-0.2, 0) is 16.6 Å². The highest BCUT2D eigenvalue weighted by Gasteiger charge is 2.21. The molecule has 2 aromatic heterocycles. The topological polar surface area (TPSA) is 101 Å². The van der Waals surface area contributed by atoms with Crippen molar-refractivity contribution in [2.45, 2.75) is 11.4 Å². The minimum atomic E-state index is -3.60. The molecule has 20 heavy (non-hydrogen) atoms. The molecule has 0 spiro atoms. The van der Waals surface area contributed by atoms with Crippen LogP contribution in [0.4, 0.5) is 5.82 Å². The maximum absolute atomic E-state index is 12.4. The first-order valence-corrected chi connectivity index (χ1v) is 7.26. The van der Waals surface area contributed by atoms with E-state index in [2.05, 4.69) is 15.4 Å². The van der Waals surface area contributed by atoms with Crippen molar-refractivity contribution in [3.8, 4) is 0 Å². The van der Waals surface area contributed by atoms with Crippen molar-refractivity contribution in [2.24, 2.45) is 5.84 Å². The number of nitrogens with one attached hydrogen (secondary N) is 1. The lowest BCUT2D eigenvalue weighted by Crippen LogP contribution is -2.26. The highest BCUT2D eigenvalue weighted by atomic mass is 32.2. The van der Waals surface area contributed by atoms with Gasteiger partial charge in [-0.1, -0.05) is 6.07 Å². The van der Waals surface area contributed by atoms with Crippen molar-refractivity contribution in [3.63, 3.8) is 0 Å². The molecule has 0 atom stereocenters. The molecule has 0 aliphatic carbocycles. The maximum Gasteiger partial charge on any atom is 0.243 e. The molecule has 0 saturated heterocycles. The number of rotatable bonds is 5. The minimum Gasteiger partial charge on any atom is -0.308 e. The largest absolute Gasteiger partial charge is 0.308 e. The average Bonchev–Trinajstić information content (AvgIpc) is 2.48. The standard InChI is InChI=1S/C12H15N5O2S/c1-17(9-10-3-2-5-14-8-10)20(18,19)11-4-6-15-12(7-11)16-13/h2-8H,9,13H2,1H3,(H,15,16). The second kappa shape index (κ2) is 5.95. The molecule has 0 amide bonds. The molecule has 0 unspecified atom stereocenters. The number of hydrazine groups is 1. The van der Waals surface area contributed by atoms with Crippen LogP contribution in [0.3, 0.4) is 0 Å². The molecule has 0 radical (unpaired) electrons. The molecule has 106 valence electrons. The van der Waals surface area contributed by atoms with Gasteiger partial charge < -0.3 is 5.43 Å². The minimum absolute atomic E-state index is 0.131. The van der Waals surface area contributed by atoms with Crippen molar-refractivity contribution in [1.82, 2.24) is 14.3 Å². The van der Waals surface area contributed by atoms with Crippen LogP contribution in [0.5, 0.6) is 0 Å². The zero-order chi connectivity index (χ0) is 14.6. The molecule has 7 nitrogen and oxygen atoms in total. The second-order valence-electron chi connectivity index (χ2n) is 4.14. The van der Waals surface area contributed by atoms with E-state index < -0.39 is 10.0 Å². The molecule has 0 fully saturated rings. The summed E-state index contributed by atoms with van der Waals surface area (Å²) in [6, 6.07) is 6.39. The van der Waals surface area contributed by atoms with Crippen molar-refractivity contribution in [1.29, 1.82) is 0 Å². The van der Waals surface area contributed by atoms with Gasteiger partial charge in [0, 0.05) is 38.2 Å². The van der Waals surface area contributed by atoms with E-state index in [1.165, 1.54) is 29.7 Å². The molecule has 0 aromatic carbocycles. The van der Waals surface area contributed by atoms with Gasteiger partial charge in [0.15, 0.2) is 0 Å². The molecule has 2 heterocycles. The van der Waals surface area contributed by atoms with Gasteiger partial charge in [-0.05, 0) is 17.7 Å². The van der Waals surface area contributed by atoms with E-state index in [-0.39, 0.29) is 11.4 Å². The Hall–Kier alpha value is -2.03. The average molecular weight is 293 g/mol. The van der Waals surface area contributed by atoms with Crippen LogP contribution in [0, 0.1) is 0 Å². The summed E-state index contributed by atoms with van der Waals surface area (Å²) in [5, 5.41) is 0. The van der Waals surface area contributed by atoms with E-state index >= 15 is 0 Å². The van der Waals surface area contributed by atoms with Gasteiger partial charge >= 0.3 is 0 Å². The Kier molecular flexibility index (Phi) is 4.28. The molecule has 3 N–H and O–H groups in total. The quantitative estimate of drug-likeness (QED) is 0.618. The molecule has 8 heteroatoms. The third kappa shape index (κ3) is 3.10. The lowest BCUT2D eigenvalue weighted by atomic mass is 10.3. The zero-order valence-corrected chi connectivity index (χ0v) is 11.7. The Bertz CT molecular complexity index is 675. The van der Waals surface area contributed by atoms with Crippen molar-refractivity contribution < 1.29 is 8.42 Å². The van der Waals surface area contributed by atoms with Gasteiger partial charge in [0.1, 0.15) is 5.82 Å². The second-order valence-corrected chi connectivity index (χ2v) is 6.19. The summed E-state index contributed by atoms with van der Waals surface area (Å²) in [4.78, 5) is 7.98. The fourth-order valence-corrected chi connectivity index (χ4v) is 2.84. The number of nitrogens with two attached hydrogens (primary N) is 1. The van der Waals surface area contributed by atoms with Crippen molar-refractivity contribution in [3.05, 3.63) is 48.4 Å². The van der Waals surface area contributed by atoms with Crippen LogP contribution in [0.15, 0.2) is 47.8 Å². The Labute approximate surface area is 117 Å². The number of anilines is 1. The van der Waals surface area contributed by atoms with Crippen molar-refractivity contribution in [2.75, 3.05) is 12.5 Å². The molecular formula is C12H15N5O2S. The van der Waals surface area contributed by atoms with E-state index in [9.17, 15) is 8.42 Å². The highest BCUT2D eigenvalue weighted by molar-refractivity contribution is 7.89. The fourth-order valence-electron chi connectivity index (χ4n) is 1.66. The monoisotopic (exact) mass is 293 g/mol. The van der Waals surface area contributed by atoms with E-state index in [0.717, 1.165) is 5.56 Å². The summed E-state index contributed by atoms with van der Waals surface area (Å²) in [6.45, 7) is 0.240. The van der Waals surface area contributed by atoms with Crippen LogP contribution in [0.2, 0.25) is 0 Å². The number of nitrogen functional groups attached to an aromatic ring is 1. The van der Waals surface area contributed by atoms with Gasteiger partial charge in [0.05, 0.1) is 4.90 Å². The van der Waals surface area contributed by atoms with Gasteiger partial charge in [-0.3, -0.25) is 4.98 Å². The smallest absolute Gasteiger partial charge is 0.243 e. The van der Waals surface area contributed by atoms with Crippen LogP contribution in [0.1, 0.15) is 5.56 Å². The number of hydrogen-bond donors (Lipinski definition) is 2. The SMILES string of the molecule is CN(Cc1cccnc1)S(=O)(=O)c1ccnc(NN)c1. The Morgan fingerprint density at radius 2 is 2.15 bits per heavy atom. The van der Waals surface area contributed by atoms with Gasteiger partial charge in [0.25, 0.3) is 0 Å². The third-order valence-corrected chi connectivity index (χ3v) is 4.51. The molecule has 0 bridgehead atoms. The third-order valence-electron chi connectivity index (χ3n) is 2.72. The first-order valence-electron chi connectivity index (χ1n) is 5.82. The van der Waals surface area contributed by atoms with Crippen LogP contribution >= 0.6 is 0 Å². The molecular weight excluding hydrogens is 278 g/mol. The summed E-state index contributed by atoms with van der Waals surface area (Å²) in [7, 11) is -2.09. The Balaban J connectivity index is 2.25. The molecule has 0 saturated carbocycles. The van der Waals surface area contributed by atoms with Crippen LogP contribution < -0.4 is 11.3 Å². The fraction of sp³-hybridized carbons (Fsp3) is 0.167. The number of hydrogen-bond acceptors (Lipinski definition) is 6. The van der Waals surface area contributed by atoms with E-state index in [4.69, 9.17) is 5.84 Å². The van der Waals surface area contributed by atoms with Gasteiger partial charge in [-0.2, -0.15) is 4.31 Å². The van der Waals surface area contributed by atoms with Gasteiger partial charge in [-0.15, -0.1) is 0 Å². The summed E-state index contributed by atoms with van der Waals surface area (Å²) >= 11 is 0. The Morgan fingerprint density at radius 1 is 1.35 bits per heavy atom. The maximum atomic E-state index is 12.4. The summed E-state index contributed by atoms with van der Waals surface area (Å²) < 4.78 is 26.1. The van der Waals surface area contributed by atoms with E-state index in [1.807, 2.05) is 6.07 Å². The predicted molar refractivity (Wildman–Crippen MR) is 74.9 cm³/mol. The molecule has 2 aromatic rings. The lowest BCUT2D eigenvalue weighted by molar-refractivity contribution is 0.466. The molecule has 2 rings (SSSR count). The lowest BCUT2D eigenvalue weighted by Gasteiger charge is -2.17. The zero-order valence-electron chi connectivity index (χ0n) is 10.9. The normalized spacial score (nSPS) is 11.6. The Morgan fingerprint density at radius 3 is 2.80 bits per heavy atom. The van der Waals surface area contributed by atoms with Crippen LogP contribution in [-0.4, -0.2) is 29.7 Å². The van der Waals surface area contributed by atoms with Crippen LogP contribution in [0.25, 0.3) is 0 Å². The summed E-state index contributed by atoms with van der Waals surface area (Å²) in [5.41, 5.74) is 3.13. The number of sulfonamides is 1. The van der Waals surface area contributed by atoms with E-state index in [1.54, 1.807) is 18.5 Å². The van der Waals surface area contributed by atoms with Gasteiger partial charge in [0.2, 0.25) is 10.0 Å². The summed E-state index contributed by atoms with van der Waals surface area (Å²) in [5.74, 6) is 5.52. The highest BCUT2D eigenvalue weighted by Crippen LogP contribution is 2.18. The predicted octanol–water partition coefficient (Wildman–Crippen LogP) is 0.583.